The van der Waals surface area contributed by atoms with Crippen molar-refractivity contribution in [2.75, 3.05) is 28.6 Å². The largest absolute Gasteiger partial charge is 0.480 e. The number of pyridine rings is 2. The molecule has 1 fully saturated rings. The number of hydrogen-bond acceptors (Lipinski definition) is 8. The first kappa shape index (κ1) is 24.4. The van der Waals surface area contributed by atoms with Gasteiger partial charge >= 0.3 is 5.97 Å². The van der Waals surface area contributed by atoms with Crippen LogP contribution in [0.5, 0.6) is 0 Å². The van der Waals surface area contributed by atoms with E-state index in [-0.39, 0.29) is 12.1 Å². The van der Waals surface area contributed by atoms with E-state index in [9.17, 15) is 19.5 Å². The molecule has 2 aromatic heterocycles. The van der Waals surface area contributed by atoms with Crippen molar-refractivity contribution in [3.63, 3.8) is 0 Å². The number of carbonyl (C=O) groups is 1. The Morgan fingerprint density at radius 1 is 1.05 bits per heavy atom. The highest BCUT2D eigenvalue weighted by molar-refractivity contribution is 5.93. The number of aryl methyl sites for hydroxylation is 1. The molecule has 1 saturated heterocycles. The van der Waals surface area contributed by atoms with Crippen molar-refractivity contribution in [1.82, 2.24) is 9.97 Å². The summed E-state index contributed by atoms with van der Waals surface area (Å²) < 4.78 is 0. The Hall–Kier alpha value is -4.27. The predicted molar refractivity (Wildman–Crippen MR) is 145 cm³/mol. The molecule has 2 aromatic carbocycles. The van der Waals surface area contributed by atoms with Crippen LogP contribution in [-0.4, -0.2) is 40.2 Å². The number of aliphatic carboxylic acids is 1. The molecule has 0 amide bonds. The highest BCUT2D eigenvalue weighted by Crippen LogP contribution is 2.27. The predicted octanol–water partition coefficient (Wildman–Crippen LogP) is 3.77. The van der Waals surface area contributed by atoms with Gasteiger partial charge < -0.3 is 20.6 Å². The number of nitrogens with one attached hydrogen (secondary N) is 2. The van der Waals surface area contributed by atoms with Crippen molar-refractivity contribution < 1.29 is 9.90 Å². The number of anilines is 4. The van der Waals surface area contributed by atoms with Gasteiger partial charge in [0, 0.05) is 48.7 Å². The van der Waals surface area contributed by atoms with Gasteiger partial charge in [-0.3, -0.25) is 14.6 Å². The average molecular weight is 500 g/mol. The van der Waals surface area contributed by atoms with E-state index in [4.69, 9.17) is 0 Å². The summed E-state index contributed by atoms with van der Waals surface area (Å²) in [7, 11) is 0. The zero-order valence-corrected chi connectivity index (χ0v) is 20.7. The summed E-state index contributed by atoms with van der Waals surface area (Å²) in [5, 5.41) is 18.0. The minimum absolute atomic E-state index is 0.128. The maximum absolute atomic E-state index is 12.3. The number of nitrogens with zero attached hydrogens (tertiary/aromatic N) is 3. The summed E-state index contributed by atoms with van der Waals surface area (Å²) in [6, 6.07) is 10.3. The van der Waals surface area contributed by atoms with Gasteiger partial charge in [0.25, 0.3) is 10.9 Å². The smallest absolute Gasteiger partial charge is 0.326 e. The minimum atomic E-state index is -1.08. The first-order chi connectivity index (χ1) is 17.9. The summed E-state index contributed by atoms with van der Waals surface area (Å²) in [6.45, 7) is 3.33. The molecule has 3 heterocycles. The Labute approximate surface area is 213 Å². The Morgan fingerprint density at radius 3 is 2.49 bits per heavy atom. The van der Waals surface area contributed by atoms with Crippen molar-refractivity contribution in [2.45, 2.75) is 45.1 Å². The zero-order valence-electron chi connectivity index (χ0n) is 20.7. The Kier molecular flexibility index (Phi) is 6.85. The summed E-state index contributed by atoms with van der Waals surface area (Å²) in [6.07, 6.45) is 7.74. The van der Waals surface area contributed by atoms with Crippen LogP contribution in [0.4, 0.5) is 22.9 Å². The quantitative estimate of drug-likeness (QED) is 0.311. The first-order valence-electron chi connectivity index (χ1n) is 12.6. The molecule has 37 heavy (non-hydrogen) atoms. The lowest BCUT2D eigenvalue weighted by atomic mass is 10.0. The average Bonchev–Trinajstić information content (AvgIpc) is 3.17. The van der Waals surface area contributed by atoms with Gasteiger partial charge in [-0.15, -0.1) is 0 Å². The summed E-state index contributed by atoms with van der Waals surface area (Å²) >= 11 is 0. The van der Waals surface area contributed by atoms with Crippen molar-refractivity contribution >= 4 is 39.6 Å². The fourth-order valence-electron chi connectivity index (χ4n) is 4.90. The zero-order chi connectivity index (χ0) is 25.9. The van der Waals surface area contributed by atoms with E-state index in [0.29, 0.717) is 24.6 Å². The van der Waals surface area contributed by atoms with Crippen LogP contribution in [0.3, 0.4) is 0 Å². The van der Waals surface area contributed by atoms with Crippen LogP contribution in [0.25, 0.3) is 10.8 Å². The van der Waals surface area contributed by atoms with E-state index in [1.54, 1.807) is 12.4 Å². The lowest BCUT2D eigenvalue weighted by Crippen LogP contribution is -2.46. The maximum Gasteiger partial charge on any atom is 0.326 e. The van der Waals surface area contributed by atoms with Crippen molar-refractivity contribution in [2.24, 2.45) is 0 Å². The highest BCUT2D eigenvalue weighted by Gasteiger charge is 2.30. The van der Waals surface area contributed by atoms with Crippen LogP contribution < -0.4 is 26.4 Å². The molecule has 0 bridgehead atoms. The van der Waals surface area contributed by atoms with Gasteiger partial charge in [0.15, 0.2) is 0 Å². The van der Waals surface area contributed by atoms with Crippen LogP contribution in [0.1, 0.15) is 36.9 Å². The van der Waals surface area contributed by atoms with E-state index < -0.39 is 22.9 Å². The molecule has 1 aliphatic heterocycles. The minimum Gasteiger partial charge on any atom is -0.480 e. The second-order valence-electron chi connectivity index (χ2n) is 9.55. The lowest BCUT2D eigenvalue weighted by Gasteiger charge is -2.27. The monoisotopic (exact) mass is 499 g/mol. The normalized spacial score (nSPS) is 14.9. The molecule has 5 rings (SSSR count). The molecule has 1 aliphatic rings. The molecule has 1 atom stereocenters. The Bertz CT molecular complexity index is 1500. The molecule has 0 radical (unpaired) electrons. The number of fused-ring (bicyclic) bond motifs is 1. The van der Waals surface area contributed by atoms with Gasteiger partial charge in [-0.05, 0) is 55.0 Å². The third-order valence-electron chi connectivity index (χ3n) is 6.84. The van der Waals surface area contributed by atoms with Gasteiger partial charge in [0.2, 0.25) is 0 Å². The third kappa shape index (κ3) is 5.16. The number of carboxylic acid groups (broad SMARTS) is 1. The molecular formula is C28H29N5O4. The number of benzene rings is 1. The van der Waals surface area contributed by atoms with Crippen LogP contribution in [0.15, 0.2) is 58.4 Å². The third-order valence-corrected chi connectivity index (χ3v) is 6.84. The number of hydrogen-bond donors (Lipinski definition) is 3. The Morgan fingerprint density at radius 2 is 1.78 bits per heavy atom. The van der Waals surface area contributed by atoms with Crippen LogP contribution in [0, 0.1) is 6.92 Å². The van der Waals surface area contributed by atoms with E-state index in [1.165, 1.54) is 0 Å². The van der Waals surface area contributed by atoms with E-state index >= 15 is 0 Å². The number of carboxylic acids is 1. The van der Waals surface area contributed by atoms with Crippen molar-refractivity contribution in [1.29, 1.82) is 0 Å². The van der Waals surface area contributed by atoms with Gasteiger partial charge in [-0.25, -0.2) is 9.78 Å². The first-order valence-corrected chi connectivity index (χ1v) is 12.6. The molecule has 0 aliphatic carbocycles. The van der Waals surface area contributed by atoms with Crippen molar-refractivity contribution in [3.05, 3.63) is 80.5 Å². The second kappa shape index (κ2) is 10.4. The summed E-state index contributed by atoms with van der Waals surface area (Å²) in [5.41, 5.74) is 1.76. The SMILES string of the molecule is Cc1cc2ccncc2c(Nc2ccc(C[C@H](Nc3c(N4CCCCCC4)c(=O)c3=O)C(=O)O)cc2)n1. The number of aromatic nitrogens is 2. The molecule has 9 heteroatoms. The lowest BCUT2D eigenvalue weighted by molar-refractivity contribution is -0.137. The van der Waals surface area contributed by atoms with Gasteiger partial charge in [-0.1, -0.05) is 25.0 Å². The molecule has 4 aromatic rings. The van der Waals surface area contributed by atoms with Crippen LogP contribution in [-0.2, 0) is 11.2 Å². The topological polar surface area (TPSA) is 125 Å². The number of rotatable bonds is 8. The maximum atomic E-state index is 12.3. The Balaban J connectivity index is 1.31. The van der Waals surface area contributed by atoms with Crippen LogP contribution >= 0.6 is 0 Å². The fraction of sp³-hybridized carbons (Fsp3) is 0.321. The summed E-state index contributed by atoms with van der Waals surface area (Å²) in [4.78, 5) is 47.4. The summed E-state index contributed by atoms with van der Waals surface area (Å²) in [5.74, 6) is -0.387. The van der Waals surface area contributed by atoms with E-state index in [1.807, 2.05) is 48.2 Å². The van der Waals surface area contributed by atoms with E-state index in [2.05, 4.69) is 20.6 Å². The standard InChI is InChI=1S/C28H29N5O4/c1-17-14-19-10-11-29-16-21(19)27(30-17)31-20-8-6-18(7-9-20)15-22(28(36)37)32-23-24(26(35)25(23)34)33-12-4-2-3-5-13-33/h6-11,14,16,22,32H,2-5,12-13,15H2,1H3,(H,30,31)(H,36,37)/t22-/m0/s1. The molecule has 9 nitrogen and oxygen atoms in total. The molecule has 0 saturated carbocycles. The fourth-order valence-corrected chi connectivity index (χ4v) is 4.90. The molecule has 190 valence electrons. The highest BCUT2D eigenvalue weighted by atomic mass is 16.4. The van der Waals surface area contributed by atoms with Gasteiger partial charge in [0.1, 0.15) is 23.2 Å². The molecule has 0 unspecified atom stereocenters. The van der Waals surface area contributed by atoms with E-state index in [0.717, 1.165) is 53.4 Å². The van der Waals surface area contributed by atoms with Crippen LogP contribution in [0.2, 0.25) is 0 Å². The van der Waals surface area contributed by atoms with Crippen molar-refractivity contribution in [3.8, 4) is 0 Å². The molecule has 3 N–H and O–H groups in total. The molecule has 0 spiro atoms. The van der Waals surface area contributed by atoms with Gasteiger partial charge in [0.05, 0.1) is 0 Å². The van der Waals surface area contributed by atoms with Gasteiger partial charge in [-0.2, -0.15) is 0 Å². The molecular weight excluding hydrogens is 470 g/mol. The second-order valence-corrected chi connectivity index (χ2v) is 9.55.